The van der Waals surface area contributed by atoms with Gasteiger partial charge >= 0.3 is 6.09 Å². The molecule has 2 saturated heterocycles. The number of pyridine rings is 2. The number of amides is 2. The van der Waals surface area contributed by atoms with Crippen molar-refractivity contribution in [3.05, 3.63) is 54.2 Å². The van der Waals surface area contributed by atoms with Gasteiger partial charge in [0.1, 0.15) is 6.10 Å². The number of ether oxygens (including phenoxy) is 2. The second-order valence-corrected chi connectivity index (χ2v) is 10.4. The van der Waals surface area contributed by atoms with Gasteiger partial charge in [-0.15, -0.1) is 11.8 Å². The standard InChI is InChI=1S/C27H27N5O4S/c1-35-25-7-5-21-26(30-25)18(8-10-28-21)3-2-17-9-11-31(13-17)14-20-15-32(27(34)36-20)19-4-6-23-22(12-19)29-24(33)16-37-23/h2-8,10,12,17,20H,9,11,13-16H2,1H3,(H,29,33)/t17?,20-/m1/s1. The zero-order valence-electron chi connectivity index (χ0n) is 20.4. The van der Waals surface area contributed by atoms with E-state index in [4.69, 9.17) is 9.47 Å². The van der Waals surface area contributed by atoms with Crippen LogP contribution < -0.4 is 15.0 Å². The molecule has 37 heavy (non-hydrogen) atoms. The van der Waals surface area contributed by atoms with Crippen molar-refractivity contribution >= 4 is 52.2 Å². The van der Waals surface area contributed by atoms with Crippen molar-refractivity contribution in [2.45, 2.75) is 17.4 Å². The molecular formula is C27H27N5O4S. The molecule has 3 aliphatic heterocycles. The second kappa shape index (κ2) is 10.0. The largest absolute Gasteiger partial charge is 0.481 e. The molecule has 2 amide bonds. The highest BCUT2D eigenvalue weighted by Gasteiger charge is 2.35. The van der Waals surface area contributed by atoms with Crippen LogP contribution in [0, 0.1) is 5.92 Å². The highest BCUT2D eigenvalue weighted by molar-refractivity contribution is 8.00. The molecule has 0 saturated carbocycles. The summed E-state index contributed by atoms with van der Waals surface area (Å²) in [5, 5.41) is 2.89. The van der Waals surface area contributed by atoms with Crippen molar-refractivity contribution in [2.75, 3.05) is 49.3 Å². The normalized spacial score (nSPS) is 21.9. The van der Waals surface area contributed by atoms with Crippen LogP contribution in [0.1, 0.15) is 12.0 Å². The monoisotopic (exact) mass is 517 g/mol. The van der Waals surface area contributed by atoms with E-state index in [1.165, 1.54) is 11.8 Å². The van der Waals surface area contributed by atoms with E-state index in [0.717, 1.165) is 52.4 Å². The number of carbonyl (C=O) groups excluding carboxylic acids is 2. The lowest BCUT2D eigenvalue weighted by atomic mass is 10.1. The van der Waals surface area contributed by atoms with Gasteiger partial charge in [-0.05, 0) is 49.2 Å². The fourth-order valence-corrected chi connectivity index (χ4v) is 5.84. The van der Waals surface area contributed by atoms with E-state index in [1.54, 1.807) is 18.2 Å². The van der Waals surface area contributed by atoms with Crippen LogP contribution in [0.2, 0.25) is 0 Å². The van der Waals surface area contributed by atoms with E-state index in [1.807, 2.05) is 36.4 Å². The second-order valence-electron chi connectivity index (χ2n) is 9.42. The predicted molar refractivity (Wildman–Crippen MR) is 143 cm³/mol. The molecule has 0 spiro atoms. The molecular weight excluding hydrogens is 490 g/mol. The Morgan fingerprint density at radius 2 is 2.14 bits per heavy atom. The SMILES string of the molecule is COc1ccc2nccc(C=CC3CCN(C[C@@H]4CN(c5ccc6c(c5)NC(=O)CS6)C(=O)O4)C3)c2n1. The van der Waals surface area contributed by atoms with Crippen LogP contribution in [0.4, 0.5) is 16.2 Å². The highest BCUT2D eigenvalue weighted by atomic mass is 32.2. The quantitative estimate of drug-likeness (QED) is 0.523. The van der Waals surface area contributed by atoms with Crippen LogP contribution in [-0.4, -0.2) is 72.0 Å². The Kier molecular flexibility index (Phi) is 6.43. The lowest BCUT2D eigenvalue weighted by Crippen LogP contribution is -2.33. The van der Waals surface area contributed by atoms with Gasteiger partial charge in [-0.25, -0.2) is 9.78 Å². The number of nitrogens with zero attached hydrogens (tertiary/aromatic N) is 4. The molecule has 2 fully saturated rings. The summed E-state index contributed by atoms with van der Waals surface area (Å²) in [5.41, 5.74) is 4.17. The molecule has 6 rings (SSSR count). The van der Waals surface area contributed by atoms with Gasteiger partial charge in [0, 0.05) is 41.5 Å². The van der Waals surface area contributed by atoms with Gasteiger partial charge in [0.2, 0.25) is 11.8 Å². The van der Waals surface area contributed by atoms with Crippen LogP contribution in [0.25, 0.3) is 17.1 Å². The summed E-state index contributed by atoms with van der Waals surface area (Å²) < 4.78 is 11.0. The number of rotatable bonds is 6. The number of likely N-dealkylation sites (tertiary alicyclic amines) is 1. The first kappa shape index (κ1) is 23.7. The molecule has 1 aromatic carbocycles. The maximum absolute atomic E-state index is 12.6. The molecule has 0 bridgehead atoms. The molecule has 3 aliphatic rings. The van der Waals surface area contributed by atoms with Crippen molar-refractivity contribution in [3.8, 4) is 5.88 Å². The molecule has 5 heterocycles. The average molecular weight is 518 g/mol. The minimum Gasteiger partial charge on any atom is -0.481 e. The van der Waals surface area contributed by atoms with Crippen molar-refractivity contribution < 1.29 is 19.1 Å². The smallest absolute Gasteiger partial charge is 0.414 e. The van der Waals surface area contributed by atoms with Gasteiger partial charge in [0.25, 0.3) is 0 Å². The summed E-state index contributed by atoms with van der Waals surface area (Å²) in [7, 11) is 1.61. The summed E-state index contributed by atoms with van der Waals surface area (Å²) in [5.74, 6) is 1.36. The zero-order chi connectivity index (χ0) is 25.4. The highest BCUT2D eigenvalue weighted by Crippen LogP contribution is 2.35. The Bertz CT molecular complexity index is 1400. The molecule has 0 aliphatic carbocycles. The van der Waals surface area contributed by atoms with Crippen molar-refractivity contribution in [2.24, 2.45) is 5.92 Å². The Balaban J connectivity index is 1.07. The molecule has 1 unspecified atom stereocenters. The Morgan fingerprint density at radius 3 is 3.03 bits per heavy atom. The van der Waals surface area contributed by atoms with Gasteiger partial charge < -0.3 is 14.8 Å². The van der Waals surface area contributed by atoms with Crippen LogP contribution in [0.15, 0.2) is 53.6 Å². The van der Waals surface area contributed by atoms with Gasteiger partial charge in [-0.3, -0.25) is 19.6 Å². The minimum atomic E-state index is -0.345. The number of methoxy groups -OCH3 is 1. The van der Waals surface area contributed by atoms with Crippen molar-refractivity contribution in [1.29, 1.82) is 0 Å². The van der Waals surface area contributed by atoms with Gasteiger partial charge in [0.15, 0.2) is 0 Å². The van der Waals surface area contributed by atoms with Crippen LogP contribution in [0.5, 0.6) is 5.88 Å². The van der Waals surface area contributed by atoms with Gasteiger partial charge in [0.05, 0.1) is 36.1 Å². The van der Waals surface area contributed by atoms with E-state index in [9.17, 15) is 9.59 Å². The third kappa shape index (κ3) is 4.99. The number of benzene rings is 1. The number of nitrogens with one attached hydrogen (secondary N) is 1. The number of fused-ring (bicyclic) bond motifs is 2. The number of thioether (sulfide) groups is 1. The molecule has 2 aromatic heterocycles. The Labute approximate surface area is 218 Å². The van der Waals surface area contributed by atoms with E-state index in [0.29, 0.717) is 30.6 Å². The van der Waals surface area contributed by atoms with Gasteiger partial charge in [-0.2, -0.15) is 0 Å². The molecule has 1 N–H and O–H groups in total. The number of hydrogen-bond acceptors (Lipinski definition) is 8. The van der Waals surface area contributed by atoms with Crippen LogP contribution in [-0.2, 0) is 9.53 Å². The Morgan fingerprint density at radius 1 is 1.22 bits per heavy atom. The van der Waals surface area contributed by atoms with E-state index < -0.39 is 0 Å². The van der Waals surface area contributed by atoms with Gasteiger partial charge in [-0.1, -0.05) is 12.2 Å². The average Bonchev–Trinajstić information content (AvgIpc) is 3.52. The molecule has 9 nitrogen and oxygen atoms in total. The summed E-state index contributed by atoms with van der Waals surface area (Å²) in [6.07, 6.45) is 6.66. The minimum absolute atomic E-state index is 0.0257. The summed E-state index contributed by atoms with van der Waals surface area (Å²) in [4.78, 5) is 38.4. The zero-order valence-corrected chi connectivity index (χ0v) is 21.2. The van der Waals surface area contributed by atoms with E-state index in [-0.39, 0.29) is 18.1 Å². The molecule has 10 heteroatoms. The number of aromatic nitrogens is 2. The number of cyclic esters (lactones) is 1. The summed E-state index contributed by atoms with van der Waals surface area (Å²) in [6, 6.07) is 11.4. The molecule has 0 radical (unpaired) electrons. The molecule has 2 atom stereocenters. The first-order chi connectivity index (χ1) is 18.1. The summed E-state index contributed by atoms with van der Waals surface area (Å²) in [6.45, 7) is 3.05. The molecule has 3 aromatic rings. The fourth-order valence-electron chi connectivity index (χ4n) is 5.06. The lowest BCUT2D eigenvalue weighted by molar-refractivity contribution is -0.113. The van der Waals surface area contributed by atoms with E-state index >= 15 is 0 Å². The maximum Gasteiger partial charge on any atom is 0.414 e. The van der Waals surface area contributed by atoms with E-state index in [2.05, 4.69) is 32.3 Å². The predicted octanol–water partition coefficient (Wildman–Crippen LogP) is 4.04. The first-order valence-corrected chi connectivity index (χ1v) is 13.3. The van der Waals surface area contributed by atoms with Crippen LogP contribution in [0.3, 0.4) is 0 Å². The molecule has 190 valence electrons. The first-order valence-electron chi connectivity index (χ1n) is 12.3. The van der Waals surface area contributed by atoms with Crippen molar-refractivity contribution in [1.82, 2.24) is 14.9 Å². The maximum atomic E-state index is 12.6. The fraction of sp³-hybridized carbons (Fsp3) is 0.333. The summed E-state index contributed by atoms with van der Waals surface area (Å²) >= 11 is 1.50. The van der Waals surface area contributed by atoms with Crippen LogP contribution >= 0.6 is 11.8 Å². The number of anilines is 2. The third-order valence-corrected chi connectivity index (χ3v) is 7.97. The third-order valence-electron chi connectivity index (χ3n) is 6.90. The topological polar surface area (TPSA) is 96.9 Å². The number of carbonyl (C=O) groups is 2. The lowest BCUT2D eigenvalue weighted by Gasteiger charge is -2.20. The van der Waals surface area contributed by atoms with Crippen molar-refractivity contribution in [3.63, 3.8) is 0 Å². The number of hydrogen-bond donors (Lipinski definition) is 1. The Hall–Kier alpha value is -3.63.